The van der Waals surface area contributed by atoms with E-state index in [1.165, 1.54) is 12.4 Å². The molecule has 0 amide bonds. The molecule has 0 N–H and O–H groups in total. The maximum atomic E-state index is 13.6. The fourth-order valence-corrected chi connectivity index (χ4v) is 1.65. The molecule has 0 bridgehead atoms. The van der Waals surface area contributed by atoms with Crippen molar-refractivity contribution in [3.8, 4) is 11.1 Å². The zero-order chi connectivity index (χ0) is 10.7. The molecule has 0 aliphatic rings. The van der Waals surface area contributed by atoms with Crippen molar-refractivity contribution in [3.05, 3.63) is 48.3 Å². The third-order valence-electron chi connectivity index (χ3n) is 2.09. The zero-order valence-electron chi connectivity index (χ0n) is 7.82. The largest absolute Gasteiger partial charge is 0.244 e. The van der Waals surface area contributed by atoms with Crippen LogP contribution in [0.5, 0.6) is 0 Å². The summed E-state index contributed by atoms with van der Waals surface area (Å²) in [6.45, 7) is 0. The molecule has 0 fully saturated rings. The minimum Gasteiger partial charge on any atom is -0.244 e. The number of hydrogen-bond donors (Lipinski definition) is 0. The van der Waals surface area contributed by atoms with E-state index < -0.39 is 0 Å². The predicted molar refractivity (Wildman–Crippen MR) is 57.0 cm³/mol. The number of benzene rings is 1. The van der Waals surface area contributed by atoms with E-state index in [1.54, 1.807) is 24.5 Å². The Morgan fingerprint density at radius 3 is 2.60 bits per heavy atom. The van der Waals surface area contributed by atoms with Gasteiger partial charge in [0.2, 0.25) is 0 Å². The van der Waals surface area contributed by atoms with Crippen molar-refractivity contribution in [1.29, 1.82) is 0 Å². The highest BCUT2D eigenvalue weighted by atomic mass is 35.5. The minimum absolute atomic E-state index is 0.266. The molecule has 0 aliphatic carbocycles. The summed E-state index contributed by atoms with van der Waals surface area (Å²) in [6, 6.07) is 4.83. The van der Waals surface area contributed by atoms with E-state index >= 15 is 0 Å². The van der Waals surface area contributed by atoms with E-state index in [-0.39, 0.29) is 11.7 Å². The molecule has 1 aromatic carbocycles. The second-order valence-corrected chi connectivity index (χ2v) is 3.30. The van der Waals surface area contributed by atoms with Gasteiger partial charge in [0, 0.05) is 29.4 Å². The molecule has 0 aliphatic heterocycles. The van der Waals surface area contributed by atoms with Gasteiger partial charge in [0.25, 0.3) is 0 Å². The molecule has 0 saturated carbocycles. The molecule has 2 nitrogen and oxygen atoms in total. The molecule has 15 heavy (non-hydrogen) atoms. The molecule has 0 atom stereocenters. The van der Waals surface area contributed by atoms with E-state index in [0.29, 0.717) is 11.1 Å². The Morgan fingerprint density at radius 2 is 1.93 bits per heavy atom. The van der Waals surface area contributed by atoms with Crippen molar-refractivity contribution in [1.82, 2.24) is 9.97 Å². The number of rotatable bonds is 2. The fourth-order valence-electron chi connectivity index (χ4n) is 1.43. The van der Waals surface area contributed by atoms with Gasteiger partial charge in [-0.15, -0.1) is 11.6 Å². The second-order valence-electron chi connectivity index (χ2n) is 3.03. The first-order chi connectivity index (χ1) is 7.33. The first kappa shape index (κ1) is 10.1. The molecule has 1 heterocycles. The second kappa shape index (κ2) is 4.36. The minimum atomic E-state index is -0.303. The zero-order valence-corrected chi connectivity index (χ0v) is 8.58. The van der Waals surface area contributed by atoms with Crippen LogP contribution in [0.25, 0.3) is 11.1 Å². The van der Waals surface area contributed by atoms with Crippen LogP contribution in [0, 0.1) is 5.82 Å². The van der Waals surface area contributed by atoms with Crippen LogP contribution in [0.1, 0.15) is 5.56 Å². The lowest BCUT2D eigenvalue weighted by Gasteiger charge is -2.07. The molecular formula is C11H8ClFN2. The number of halogens is 2. The lowest BCUT2D eigenvalue weighted by Crippen LogP contribution is -1.92. The van der Waals surface area contributed by atoms with Crippen molar-refractivity contribution in [3.63, 3.8) is 0 Å². The van der Waals surface area contributed by atoms with Crippen LogP contribution in [0.2, 0.25) is 0 Å². The number of nitrogens with zero attached hydrogens (tertiary/aromatic N) is 2. The molecule has 2 aromatic rings. The summed E-state index contributed by atoms with van der Waals surface area (Å²) in [5.74, 6) is -0.0370. The van der Waals surface area contributed by atoms with E-state index in [0.717, 1.165) is 5.56 Å². The van der Waals surface area contributed by atoms with E-state index in [4.69, 9.17) is 11.6 Å². The number of hydrogen-bond acceptors (Lipinski definition) is 2. The Hall–Kier alpha value is -1.48. The average Bonchev–Trinajstić information content (AvgIpc) is 2.29. The van der Waals surface area contributed by atoms with Gasteiger partial charge in [-0.3, -0.25) is 0 Å². The third-order valence-corrected chi connectivity index (χ3v) is 2.38. The summed E-state index contributed by atoms with van der Waals surface area (Å²) >= 11 is 5.75. The summed E-state index contributed by atoms with van der Waals surface area (Å²) in [5, 5.41) is 0. The lowest BCUT2D eigenvalue weighted by atomic mass is 10.0. The molecule has 2 rings (SSSR count). The van der Waals surface area contributed by atoms with E-state index in [2.05, 4.69) is 9.97 Å². The van der Waals surface area contributed by atoms with Crippen LogP contribution in [0.15, 0.2) is 36.9 Å². The summed E-state index contributed by atoms with van der Waals surface area (Å²) in [5.41, 5.74) is 1.87. The van der Waals surface area contributed by atoms with Gasteiger partial charge in [0.05, 0.1) is 0 Å². The van der Waals surface area contributed by atoms with Gasteiger partial charge in [0.1, 0.15) is 12.1 Å². The number of alkyl halides is 1. The van der Waals surface area contributed by atoms with Crippen LogP contribution >= 0.6 is 11.6 Å². The molecule has 76 valence electrons. The van der Waals surface area contributed by atoms with Gasteiger partial charge in [-0.1, -0.05) is 12.1 Å². The lowest BCUT2D eigenvalue weighted by molar-refractivity contribution is 0.630. The Kier molecular flexibility index (Phi) is 2.92. The van der Waals surface area contributed by atoms with E-state index in [9.17, 15) is 4.39 Å². The maximum absolute atomic E-state index is 13.6. The molecule has 4 heteroatoms. The SMILES string of the molecule is Fc1cccc(CCl)c1-c1cncnc1. The topological polar surface area (TPSA) is 25.8 Å². The first-order valence-electron chi connectivity index (χ1n) is 4.41. The standard InChI is InChI=1S/C11H8ClFN2/c12-4-8-2-1-3-10(13)11(8)9-5-14-7-15-6-9/h1-3,5-7H,4H2. The van der Waals surface area contributed by atoms with Crippen LogP contribution in [0.4, 0.5) is 4.39 Å². The Bertz CT molecular complexity index is 459. The normalized spacial score (nSPS) is 10.3. The summed E-state index contributed by atoms with van der Waals surface area (Å²) in [6.07, 6.45) is 4.55. The Morgan fingerprint density at radius 1 is 1.20 bits per heavy atom. The van der Waals surface area contributed by atoms with Crippen LogP contribution in [-0.4, -0.2) is 9.97 Å². The van der Waals surface area contributed by atoms with Crippen molar-refractivity contribution in [2.45, 2.75) is 5.88 Å². The highest BCUT2D eigenvalue weighted by Gasteiger charge is 2.09. The third kappa shape index (κ3) is 1.97. The van der Waals surface area contributed by atoms with Gasteiger partial charge >= 0.3 is 0 Å². The van der Waals surface area contributed by atoms with Gasteiger partial charge in [-0.2, -0.15) is 0 Å². The van der Waals surface area contributed by atoms with E-state index in [1.807, 2.05) is 0 Å². The highest BCUT2D eigenvalue weighted by Crippen LogP contribution is 2.26. The van der Waals surface area contributed by atoms with Gasteiger partial charge in [-0.05, 0) is 11.6 Å². The van der Waals surface area contributed by atoms with Crippen molar-refractivity contribution in [2.75, 3.05) is 0 Å². The predicted octanol–water partition coefficient (Wildman–Crippen LogP) is 3.02. The van der Waals surface area contributed by atoms with Crippen LogP contribution < -0.4 is 0 Å². The first-order valence-corrected chi connectivity index (χ1v) is 4.95. The molecule has 0 saturated heterocycles. The Labute approximate surface area is 91.8 Å². The van der Waals surface area contributed by atoms with Gasteiger partial charge in [0.15, 0.2) is 0 Å². The van der Waals surface area contributed by atoms with Crippen molar-refractivity contribution in [2.24, 2.45) is 0 Å². The summed E-state index contributed by atoms with van der Waals surface area (Å²) in [4.78, 5) is 7.71. The molecule has 1 aromatic heterocycles. The maximum Gasteiger partial charge on any atom is 0.131 e. The highest BCUT2D eigenvalue weighted by molar-refractivity contribution is 6.17. The van der Waals surface area contributed by atoms with Crippen LogP contribution in [-0.2, 0) is 5.88 Å². The van der Waals surface area contributed by atoms with Crippen molar-refractivity contribution >= 4 is 11.6 Å². The van der Waals surface area contributed by atoms with Gasteiger partial charge in [-0.25, -0.2) is 14.4 Å². The molecule has 0 spiro atoms. The molecule has 0 unspecified atom stereocenters. The molecular weight excluding hydrogens is 215 g/mol. The summed E-state index contributed by atoms with van der Waals surface area (Å²) < 4.78 is 13.6. The fraction of sp³-hybridized carbons (Fsp3) is 0.0909. The monoisotopic (exact) mass is 222 g/mol. The Balaban J connectivity index is 2.61. The van der Waals surface area contributed by atoms with Gasteiger partial charge < -0.3 is 0 Å². The van der Waals surface area contributed by atoms with Crippen LogP contribution in [0.3, 0.4) is 0 Å². The number of aromatic nitrogens is 2. The quantitative estimate of drug-likeness (QED) is 0.730. The van der Waals surface area contributed by atoms with Crippen molar-refractivity contribution < 1.29 is 4.39 Å². The smallest absolute Gasteiger partial charge is 0.131 e. The average molecular weight is 223 g/mol. The summed E-state index contributed by atoms with van der Waals surface area (Å²) in [7, 11) is 0. The molecule has 0 radical (unpaired) electrons.